The molecule has 1 unspecified atom stereocenters. The monoisotopic (exact) mass is 592 g/mol. The number of hydrogen-bond donors (Lipinski definition) is 3. The number of guanidine groups is 1. The minimum absolute atomic E-state index is 0. The van der Waals surface area contributed by atoms with Gasteiger partial charge in [-0.05, 0) is 48.4 Å². The van der Waals surface area contributed by atoms with E-state index in [2.05, 4.69) is 26.4 Å². The predicted octanol–water partition coefficient (Wildman–Crippen LogP) is 2.80. The molecular weight excluding hydrogens is 568 g/mol. The minimum atomic E-state index is -1.20. The Hall–Kier alpha value is -4.02. The number of aromatic hydroxyl groups is 1. The number of nitrogens with zero attached hydrogens (tertiary/aromatic N) is 6. The Labute approximate surface area is 290 Å². The van der Waals surface area contributed by atoms with E-state index in [0.29, 0.717) is 41.9 Å². The van der Waals surface area contributed by atoms with E-state index in [1.807, 2.05) is 59.5 Å². The van der Waals surface area contributed by atoms with Crippen molar-refractivity contribution in [3.05, 3.63) is 101 Å². The number of nitrogen functional groups attached to an aromatic ring is 1. The first-order chi connectivity index (χ1) is 20.6. The van der Waals surface area contributed by atoms with Gasteiger partial charge in [0.15, 0.2) is 17.3 Å². The van der Waals surface area contributed by atoms with Gasteiger partial charge in [-0.25, -0.2) is 20.0 Å². The molecule has 1 atom stereocenters. The number of phenolic OH excluding ortho intramolecular Hbond substituents is 1. The number of aromatic nitrogens is 2. The number of anilines is 1. The standard InChI is InChI=1S/C32H25N8O2.K/c1-2-3-6-19-42-39-22-13-11-21(12-14-22)32(28-27(36-30(33)37-28)20-9-15-23(41)16-10-20)29-35-25-8-5-4-7-24(25)26-17-18-34-31(38-32)40(26)29;/h1,4-5,7-18,41H,3,6,19H2,(H3,33,36,37);/q-1;+1. The number of nitrogens with one attached hydrogen (secondary N) is 1. The molecule has 43 heavy (non-hydrogen) atoms. The topological polar surface area (TPSA) is 139 Å². The molecule has 0 spiro atoms. The van der Waals surface area contributed by atoms with Gasteiger partial charge in [-0.1, -0.05) is 42.5 Å². The van der Waals surface area contributed by atoms with Crippen molar-refractivity contribution in [1.82, 2.24) is 14.9 Å². The summed E-state index contributed by atoms with van der Waals surface area (Å²) in [7, 11) is 0. The second-order valence-corrected chi connectivity index (χ2v) is 9.91. The van der Waals surface area contributed by atoms with E-state index in [4.69, 9.17) is 27.0 Å². The maximum Gasteiger partial charge on any atom is 1.00 e. The molecule has 3 aliphatic rings. The van der Waals surface area contributed by atoms with Crippen molar-refractivity contribution in [2.45, 2.75) is 18.4 Å². The minimum Gasteiger partial charge on any atom is -0.562 e. The quantitative estimate of drug-likeness (QED) is 0.125. The van der Waals surface area contributed by atoms with Crippen LogP contribution in [0.15, 0.2) is 93.8 Å². The van der Waals surface area contributed by atoms with E-state index >= 15 is 0 Å². The van der Waals surface area contributed by atoms with Crippen LogP contribution in [0.2, 0.25) is 0 Å². The molecule has 3 aliphatic heterocycles. The number of unbranched alkanes of at least 4 members (excludes halogenated alkanes) is 1. The Balaban J connectivity index is 0.00000329. The van der Waals surface area contributed by atoms with Crippen LogP contribution in [0, 0.1) is 12.3 Å². The Kier molecular flexibility index (Phi) is 8.06. The Morgan fingerprint density at radius 1 is 1.07 bits per heavy atom. The molecule has 0 aliphatic carbocycles. The van der Waals surface area contributed by atoms with Crippen LogP contribution >= 0.6 is 0 Å². The molecule has 11 heteroatoms. The fraction of sp³-hybridized carbons (Fsp3) is 0.125. The molecule has 206 valence electrons. The third-order valence-electron chi connectivity index (χ3n) is 7.31. The van der Waals surface area contributed by atoms with E-state index in [-0.39, 0.29) is 63.1 Å². The van der Waals surface area contributed by atoms with Gasteiger partial charge in [0, 0.05) is 30.4 Å². The molecule has 4 heterocycles. The van der Waals surface area contributed by atoms with Gasteiger partial charge in [0.1, 0.15) is 5.75 Å². The summed E-state index contributed by atoms with van der Waals surface area (Å²) in [6.07, 6.45) is 10.4. The van der Waals surface area contributed by atoms with Crippen molar-refractivity contribution < 1.29 is 61.3 Å². The number of para-hydroxylation sites is 1. The van der Waals surface area contributed by atoms with E-state index in [1.54, 1.807) is 30.5 Å². The summed E-state index contributed by atoms with van der Waals surface area (Å²) < 4.78 is 0. The molecule has 10 nitrogen and oxygen atoms in total. The van der Waals surface area contributed by atoms with Crippen molar-refractivity contribution >= 4 is 41.0 Å². The van der Waals surface area contributed by atoms with E-state index in [1.165, 1.54) is 0 Å². The second-order valence-electron chi connectivity index (χ2n) is 9.91. The van der Waals surface area contributed by atoms with Crippen molar-refractivity contribution in [1.29, 1.82) is 0 Å². The summed E-state index contributed by atoms with van der Waals surface area (Å²) in [6.45, 7) is 0.436. The maximum absolute atomic E-state index is 9.95. The number of rotatable bonds is 8. The molecule has 1 aromatic heterocycles. The largest absolute Gasteiger partial charge is 1.00 e. The molecule has 0 bridgehead atoms. The summed E-state index contributed by atoms with van der Waals surface area (Å²) in [5.74, 6) is 4.10. The van der Waals surface area contributed by atoms with Gasteiger partial charge in [-0.15, -0.1) is 18.0 Å². The molecular formula is C32H25KN8O2. The van der Waals surface area contributed by atoms with Gasteiger partial charge >= 0.3 is 51.4 Å². The molecule has 4 N–H and O–H groups in total. The number of imidazole rings is 1. The smallest absolute Gasteiger partial charge is 0.562 e. The second kappa shape index (κ2) is 11.9. The predicted molar refractivity (Wildman–Crippen MR) is 164 cm³/mol. The van der Waals surface area contributed by atoms with Crippen LogP contribution in [0.4, 0.5) is 17.3 Å². The number of allylic oxidation sites excluding steroid dienone is 1. The number of terminal acetylenes is 1. The van der Waals surface area contributed by atoms with Crippen LogP contribution in [0.25, 0.3) is 22.4 Å². The zero-order valence-corrected chi connectivity index (χ0v) is 26.5. The van der Waals surface area contributed by atoms with Crippen molar-refractivity contribution in [2.75, 3.05) is 12.3 Å². The molecule has 3 aromatic carbocycles. The maximum atomic E-state index is 9.95. The summed E-state index contributed by atoms with van der Waals surface area (Å²) in [5.41, 5.74) is 15.5. The first-order valence-corrected chi connectivity index (χ1v) is 13.4. The van der Waals surface area contributed by atoms with Gasteiger partial charge in [0.05, 0.1) is 22.8 Å². The van der Waals surface area contributed by atoms with Crippen LogP contribution in [0.1, 0.15) is 29.7 Å². The zero-order chi connectivity index (χ0) is 28.7. The average Bonchev–Trinajstić information content (AvgIpc) is 3.57. The number of H-pyrrole nitrogens is 1. The summed E-state index contributed by atoms with van der Waals surface area (Å²) in [6, 6.07) is 22.4. The third kappa shape index (κ3) is 5.02. The van der Waals surface area contributed by atoms with Crippen LogP contribution in [0.3, 0.4) is 0 Å². The van der Waals surface area contributed by atoms with Gasteiger partial charge in [-0.3, -0.25) is 4.90 Å². The van der Waals surface area contributed by atoms with Crippen molar-refractivity contribution in [2.24, 2.45) is 15.0 Å². The summed E-state index contributed by atoms with van der Waals surface area (Å²) >= 11 is 0. The number of aromatic amines is 1. The van der Waals surface area contributed by atoms with Gasteiger partial charge in [0.2, 0.25) is 5.96 Å². The van der Waals surface area contributed by atoms with Gasteiger partial charge < -0.3 is 26.1 Å². The first kappa shape index (κ1) is 29.1. The van der Waals surface area contributed by atoms with Gasteiger partial charge in [-0.2, -0.15) is 0 Å². The van der Waals surface area contributed by atoms with Crippen LogP contribution in [-0.2, 0) is 10.4 Å². The molecule has 7 rings (SSSR count). The molecule has 4 aromatic rings. The molecule has 0 saturated heterocycles. The normalized spacial score (nSPS) is 17.6. The van der Waals surface area contributed by atoms with E-state index in [9.17, 15) is 5.11 Å². The number of nitrogens with two attached hydrogens (primary N) is 1. The van der Waals surface area contributed by atoms with Crippen molar-refractivity contribution in [3.63, 3.8) is 0 Å². The Morgan fingerprint density at radius 2 is 1.86 bits per heavy atom. The van der Waals surface area contributed by atoms with Crippen LogP contribution < -0.4 is 57.1 Å². The van der Waals surface area contributed by atoms with Crippen molar-refractivity contribution in [3.8, 4) is 29.4 Å². The first-order valence-electron chi connectivity index (χ1n) is 13.4. The third-order valence-corrected chi connectivity index (χ3v) is 7.31. The SMILES string of the molecule is C#CCCCO[N-]c1ccc(C2(c3[nH]c(N)nc3-c3ccc(O)cc3)N=C3N=CC=C4c5ccccc5N=C2N43)cc1.[K+]. The molecule has 0 radical (unpaired) electrons. The number of phenols is 1. The number of aliphatic imine (C=N–C) groups is 3. The molecule has 0 fully saturated rings. The Bertz CT molecular complexity index is 1850. The average molecular weight is 593 g/mol. The molecule has 0 amide bonds. The number of hydrogen-bond acceptors (Lipinski definition) is 8. The molecule has 0 saturated carbocycles. The van der Waals surface area contributed by atoms with E-state index < -0.39 is 5.54 Å². The number of benzene rings is 3. The van der Waals surface area contributed by atoms with Crippen LogP contribution in [0.5, 0.6) is 5.75 Å². The number of fused-ring (bicyclic) bond motifs is 2. The summed E-state index contributed by atoms with van der Waals surface area (Å²) in [4.78, 5) is 30.5. The Morgan fingerprint density at radius 3 is 2.65 bits per heavy atom. The van der Waals surface area contributed by atoms with Gasteiger partial charge in [0.25, 0.3) is 0 Å². The fourth-order valence-corrected chi connectivity index (χ4v) is 5.42. The summed E-state index contributed by atoms with van der Waals surface area (Å²) in [5, 5.41) is 9.95. The fourth-order valence-electron chi connectivity index (χ4n) is 5.42. The van der Waals surface area contributed by atoms with Crippen LogP contribution in [-0.4, -0.2) is 44.6 Å². The number of amidine groups is 1. The van der Waals surface area contributed by atoms with E-state index in [0.717, 1.165) is 34.5 Å². The zero-order valence-electron chi connectivity index (χ0n) is 23.4.